The van der Waals surface area contributed by atoms with Gasteiger partial charge in [-0.05, 0) is 44.0 Å². The van der Waals surface area contributed by atoms with Crippen molar-refractivity contribution in [2.45, 2.75) is 49.9 Å². The molecule has 2 bridgehead atoms. The first-order valence-electron chi connectivity index (χ1n) is 12.0. The molecule has 0 saturated carbocycles. The van der Waals surface area contributed by atoms with Gasteiger partial charge in [-0.2, -0.15) is 4.98 Å². The van der Waals surface area contributed by atoms with E-state index in [4.69, 9.17) is 14.1 Å². The summed E-state index contributed by atoms with van der Waals surface area (Å²) in [5.41, 5.74) is 3.00. The largest absolute Gasteiger partial charge is 0.423 e. The van der Waals surface area contributed by atoms with Gasteiger partial charge in [0.2, 0.25) is 0 Å². The highest BCUT2D eigenvalue weighted by atomic mass is 16.5. The molecule has 33 heavy (non-hydrogen) atoms. The molecule has 7 nitrogen and oxygen atoms in total. The van der Waals surface area contributed by atoms with Gasteiger partial charge in [0.25, 0.3) is 11.9 Å². The molecule has 4 heterocycles. The lowest BCUT2D eigenvalue weighted by atomic mass is 10.0. The van der Waals surface area contributed by atoms with Crippen LogP contribution in [-0.4, -0.2) is 60.7 Å². The number of morpholine rings is 1. The van der Waals surface area contributed by atoms with Crippen LogP contribution in [0.1, 0.15) is 47.6 Å². The fraction of sp³-hybridized carbons (Fsp3) is 0.462. The van der Waals surface area contributed by atoms with Crippen LogP contribution >= 0.6 is 0 Å². The molecule has 7 heteroatoms. The molecule has 3 saturated heterocycles. The van der Waals surface area contributed by atoms with Gasteiger partial charge in [0, 0.05) is 24.7 Å². The van der Waals surface area contributed by atoms with Crippen molar-refractivity contribution in [1.82, 2.24) is 15.2 Å². The lowest BCUT2D eigenvalue weighted by Gasteiger charge is -2.34. The molecular weight excluding hydrogens is 416 g/mol. The first kappa shape index (κ1) is 20.7. The molecule has 1 aromatic heterocycles. The lowest BCUT2D eigenvalue weighted by molar-refractivity contribution is 0.0913. The maximum absolute atomic E-state index is 13.3. The molecule has 0 aliphatic carbocycles. The Hall–Kier alpha value is -2.90. The Balaban J connectivity index is 1.28. The minimum absolute atomic E-state index is 0.0265. The minimum atomic E-state index is -0.0620. The lowest BCUT2D eigenvalue weighted by Crippen LogP contribution is -2.45. The smallest absolute Gasteiger partial charge is 0.299 e. The summed E-state index contributed by atoms with van der Waals surface area (Å²) in [6, 6.07) is 17.7. The van der Waals surface area contributed by atoms with Crippen LogP contribution in [0.15, 0.2) is 52.9 Å². The maximum atomic E-state index is 13.3. The van der Waals surface area contributed by atoms with Crippen molar-refractivity contribution < 1.29 is 13.9 Å². The van der Waals surface area contributed by atoms with E-state index in [9.17, 15) is 4.79 Å². The van der Waals surface area contributed by atoms with Crippen LogP contribution in [-0.2, 0) is 4.74 Å². The molecule has 0 radical (unpaired) electrons. The summed E-state index contributed by atoms with van der Waals surface area (Å²) in [4.78, 5) is 22.8. The highest BCUT2D eigenvalue weighted by Crippen LogP contribution is 2.35. The second-order valence-electron chi connectivity index (χ2n) is 9.48. The van der Waals surface area contributed by atoms with E-state index in [0.717, 1.165) is 18.4 Å². The van der Waals surface area contributed by atoms with Crippen LogP contribution in [0.3, 0.4) is 0 Å². The summed E-state index contributed by atoms with van der Waals surface area (Å²) < 4.78 is 11.9. The van der Waals surface area contributed by atoms with E-state index < -0.39 is 0 Å². The highest BCUT2D eigenvalue weighted by molar-refractivity contribution is 6.04. The molecule has 4 atom stereocenters. The number of carbonyl (C=O) groups is 1. The number of amides is 1. The van der Waals surface area contributed by atoms with Gasteiger partial charge in [0.1, 0.15) is 5.52 Å². The zero-order valence-electron chi connectivity index (χ0n) is 18.9. The van der Waals surface area contributed by atoms with Crippen molar-refractivity contribution in [3.63, 3.8) is 0 Å². The molecule has 172 valence electrons. The summed E-state index contributed by atoms with van der Waals surface area (Å²) in [6.07, 6.45) is 4.65. The van der Waals surface area contributed by atoms with Crippen molar-refractivity contribution in [2.24, 2.45) is 0 Å². The molecule has 0 spiro atoms. The average Bonchev–Trinajstić information content (AvgIpc) is 3.33. The van der Waals surface area contributed by atoms with E-state index in [1.54, 1.807) is 0 Å². The molecule has 4 unspecified atom stereocenters. The fourth-order valence-electron chi connectivity index (χ4n) is 5.89. The number of benzene rings is 2. The number of aromatic nitrogens is 1. The SMILES string of the molecule is CN1C2CCCC1C(NC(=O)c1cccc3oc(N4CCOCC4c4ccccc4)nc13)C2. The first-order valence-corrected chi connectivity index (χ1v) is 12.0. The van der Waals surface area contributed by atoms with Crippen molar-refractivity contribution >= 4 is 23.0 Å². The normalized spacial score (nSPS) is 27.7. The van der Waals surface area contributed by atoms with E-state index >= 15 is 0 Å². The molecule has 3 aliphatic rings. The summed E-state index contributed by atoms with van der Waals surface area (Å²) in [6.45, 7) is 1.88. The number of likely N-dealkylation sites (N-methyl/N-ethyl adjacent to an activating group) is 1. The number of para-hydroxylation sites is 1. The molecule has 2 aromatic carbocycles. The molecular formula is C26H30N4O3. The average molecular weight is 447 g/mol. The van der Waals surface area contributed by atoms with E-state index in [1.807, 2.05) is 36.4 Å². The second kappa shape index (κ2) is 8.47. The van der Waals surface area contributed by atoms with Crippen LogP contribution in [0.4, 0.5) is 6.01 Å². The zero-order chi connectivity index (χ0) is 22.4. The van der Waals surface area contributed by atoms with E-state index in [-0.39, 0.29) is 18.0 Å². The van der Waals surface area contributed by atoms with Crippen molar-refractivity contribution in [2.75, 3.05) is 31.7 Å². The Kier molecular flexibility index (Phi) is 5.31. The first-order chi connectivity index (χ1) is 16.2. The molecule has 3 aromatic rings. The summed E-state index contributed by atoms with van der Waals surface area (Å²) in [7, 11) is 2.19. The van der Waals surface area contributed by atoms with Gasteiger partial charge in [-0.15, -0.1) is 0 Å². The Morgan fingerprint density at radius 3 is 2.85 bits per heavy atom. The van der Waals surface area contributed by atoms with E-state index in [0.29, 0.717) is 54.5 Å². The number of carbonyl (C=O) groups excluding carboxylic acids is 1. The van der Waals surface area contributed by atoms with Gasteiger partial charge in [-0.3, -0.25) is 9.69 Å². The van der Waals surface area contributed by atoms with Gasteiger partial charge < -0.3 is 19.4 Å². The fourth-order valence-corrected chi connectivity index (χ4v) is 5.89. The van der Waals surface area contributed by atoms with Gasteiger partial charge in [-0.25, -0.2) is 0 Å². The quantitative estimate of drug-likeness (QED) is 0.658. The predicted octanol–water partition coefficient (Wildman–Crippen LogP) is 3.76. The third kappa shape index (κ3) is 3.69. The van der Waals surface area contributed by atoms with Crippen molar-refractivity contribution in [1.29, 1.82) is 0 Å². The van der Waals surface area contributed by atoms with Gasteiger partial charge in [-0.1, -0.05) is 42.8 Å². The number of nitrogens with one attached hydrogen (secondary N) is 1. The molecule has 6 rings (SSSR count). The molecule has 3 fully saturated rings. The number of ether oxygens (including phenoxy) is 1. The molecule has 1 N–H and O–H groups in total. The van der Waals surface area contributed by atoms with Crippen molar-refractivity contribution in [3.8, 4) is 0 Å². The Bertz CT molecular complexity index is 1150. The van der Waals surface area contributed by atoms with Crippen molar-refractivity contribution in [3.05, 3.63) is 59.7 Å². The number of hydrogen-bond acceptors (Lipinski definition) is 6. The van der Waals surface area contributed by atoms with Gasteiger partial charge in [0.15, 0.2) is 5.58 Å². The summed E-state index contributed by atoms with van der Waals surface area (Å²) in [5.74, 6) is -0.0620. The summed E-state index contributed by atoms with van der Waals surface area (Å²) >= 11 is 0. The predicted molar refractivity (Wildman–Crippen MR) is 126 cm³/mol. The standard InChI is InChI=1S/C26H30N4O3/c1-29-18-9-5-11-21(29)20(15-18)27-25(31)19-10-6-12-23-24(19)28-26(33-23)30-13-14-32-16-22(30)17-7-3-2-4-8-17/h2-4,6-8,10,12,18,20-22H,5,9,11,13-16H2,1H3,(H,27,31). The Morgan fingerprint density at radius 1 is 1.12 bits per heavy atom. The monoisotopic (exact) mass is 446 g/mol. The van der Waals surface area contributed by atoms with E-state index in [1.165, 1.54) is 12.8 Å². The Labute approximate surface area is 193 Å². The minimum Gasteiger partial charge on any atom is -0.423 e. The highest BCUT2D eigenvalue weighted by Gasteiger charge is 2.42. The maximum Gasteiger partial charge on any atom is 0.299 e. The number of anilines is 1. The van der Waals surface area contributed by atoms with Crippen LogP contribution in [0.5, 0.6) is 0 Å². The molecule has 3 aliphatic heterocycles. The number of rotatable bonds is 4. The van der Waals surface area contributed by atoms with Crippen LogP contribution in [0.2, 0.25) is 0 Å². The molecule has 1 amide bonds. The number of hydrogen-bond donors (Lipinski definition) is 1. The second-order valence-corrected chi connectivity index (χ2v) is 9.48. The van der Waals surface area contributed by atoms with Gasteiger partial charge >= 0.3 is 0 Å². The number of nitrogens with zero attached hydrogens (tertiary/aromatic N) is 3. The Morgan fingerprint density at radius 2 is 2.00 bits per heavy atom. The van der Waals surface area contributed by atoms with Crippen LogP contribution < -0.4 is 10.2 Å². The van der Waals surface area contributed by atoms with Crippen LogP contribution in [0.25, 0.3) is 11.1 Å². The zero-order valence-corrected chi connectivity index (χ0v) is 18.9. The topological polar surface area (TPSA) is 70.8 Å². The number of oxazole rings is 1. The third-order valence-electron chi connectivity index (χ3n) is 7.65. The summed E-state index contributed by atoms with van der Waals surface area (Å²) in [5, 5.41) is 3.32. The van der Waals surface area contributed by atoms with E-state index in [2.05, 4.69) is 34.3 Å². The number of piperidine rings is 1. The third-order valence-corrected chi connectivity index (χ3v) is 7.65. The van der Waals surface area contributed by atoms with Crippen LogP contribution in [0, 0.1) is 0 Å². The van der Waals surface area contributed by atoms with Gasteiger partial charge in [0.05, 0.1) is 24.8 Å². The number of fused-ring (bicyclic) bond motifs is 3.